The van der Waals surface area contributed by atoms with Crippen LogP contribution in [-0.4, -0.2) is 38.1 Å². The van der Waals surface area contributed by atoms with Gasteiger partial charge in [-0.3, -0.25) is 0 Å². The van der Waals surface area contributed by atoms with Crippen LogP contribution in [0.15, 0.2) is 0 Å². The molecule has 84 valence electrons. The number of piperidine rings is 1. The van der Waals surface area contributed by atoms with Gasteiger partial charge >= 0.3 is 0 Å². The second-order valence-electron chi connectivity index (χ2n) is 4.06. The molecule has 1 saturated heterocycles. The number of sulfonamides is 1. The van der Waals surface area contributed by atoms with Crippen LogP contribution in [0.5, 0.6) is 0 Å². The van der Waals surface area contributed by atoms with Crippen molar-refractivity contribution >= 4 is 10.0 Å². The number of rotatable bonds is 3. The van der Waals surface area contributed by atoms with Crippen LogP contribution in [-0.2, 0) is 10.0 Å². The fourth-order valence-electron chi connectivity index (χ4n) is 2.13. The average Bonchev–Trinajstić information content (AvgIpc) is 2.15. The highest BCUT2D eigenvalue weighted by atomic mass is 32.2. The average molecular weight is 220 g/mol. The van der Waals surface area contributed by atoms with Crippen LogP contribution < -0.4 is 5.73 Å². The first-order chi connectivity index (χ1) is 6.49. The molecule has 1 aliphatic heterocycles. The van der Waals surface area contributed by atoms with E-state index in [1.54, 1.807) is 4.31 Å². The first kappa shape index (κ1) is 11.9. The minimum absolute atomic E-state index is 0.0173. The number of hydrogen-bond donors (Lipinski definition) is 1. The first-order valence-electron chi connectivity index (χ1n) is 5.16. The van der Waals surface area contributed by atoms with Gasteiger partial charge in [0.1, 0.15) is 0 Å². The van der Waals surface area contributed by atoms with Crippen LogP contribution in [0.2, 0.25) is 0 Å². The zero-order valence-electron chi connectivity index (χ0n) is 8.94. The second kappa shape index (κ2) is 4.59. The van der Waals surface area contributed by atoms with Crippen molar-refractivity contribution in [3.8, 4) is 0 Å². The Kier molecular flexibility index (Phi) is 3.92. The molecule has 1 heterocycles. The molecule has 1 fully saturated rings. The third-order valence-corrected chi connectivity index (χ3v) is 4.38. The summed E-state index contributed by atoms with van der Waals surface area (Å²) in [5.41, 5.74) is 5.60. The van der Waals surface area contributed by atoms with Gasteiger partial charge in [-0.1, -0.05) is 13.3 Å². The van der Waals surface area contributed by atoms with Crippen LogP contribution >= 0.6 is 0 Å². The fraction of sp³-hybridized carbons (Fsp3) is 1.00. The van der Waals surface area contributed by atoms with Gasteiger partial charge in [0, 0.05) is 19.1 Å². The van der Waals surface area contributed by atoms with E-state index in [-0.39, 0.29) is 6.04 Å². The molecule has 0 aromatic carbocycles. The molecule has 0 aromatic rings. The third kappa shape index (κ3) is 2.68. The van der Waals surface area contributed by atoms with Gasteiger partial charge in [0.25, 0.3) is 0 Å². The van der Waals surface area contributed by atoms with Crippen LogP contribution in [0.3, 0.4) is 0 Å². The predicted molar refractivity (Wildman–Crippen MR) is 57.4 cm³/mol. The van der Waals surface area contributed by atoms with Crippen molar-refractivity contribution in [1.29, 1.82) is 0 Å². The summed E-state index contributed by atoms with van der Waals surface area (Å²) in [5, 5.41) is 0. The highest BCUT2D eigenvalue weighted by molar-refractivity contribution is 7.88. The monoisotopic (exact) mass is 220 g/mol. The smallest absolute Gasteiger partial charge is 0.211 e. The largest absolute Gasteiger partial charge is 0.329 e. The highest BCUT2D eigenvalue weighted by Crippen LogP contribution is 2.26. The maximum atomic E-state index is 11.4. The number of hydrogen-bond acceptors (Lipinski definition) is 3. The van der Waals surface area contributed by atoms with Gasteiger partial charge in [-0.15, -0.1) is 0 Å². The Balaban J connectivity index is 2.71. The summed E-state index contributed by atoms with van der Waals surface area (Å²) in [6.45, 7) is 3.22. The minimum atomic E-state index is -3.07. The molecule has 2 atom stereocenters. The Morgan fingerprint density at radius 1 is 1.50 bits per heavy atom. The Bertz CT molecular complexity index is 277. The SMILES string of the molecule is CCC1CCN(S(C)(=O)=O)C(CN)C1. The van der Waals surface area contributed by atoms with Crippen molar-refractivity contribution < 1.29 is 8.42 Å². The molecule has 0 aliphatic carbocycles. The maximum Gasteiger partial charge on any atom is 0.211 e. The molecule has 1 rings (SSSR count). The molecule has 0 bridgehead atoms. The predicted octanol–water partition coefficient (Wildman–Crippen LogP) is 0.395. The van der Waals surface area contributed by atoms with Crippen molar-refractivity contribution in [3.05, 3.63) is 0 Å². The Morgan fingerprint density at radius 2 is 2.14 bits per heavy atom. The minimum Gasteiger partial charge on any atom is -0.329 e. The normalized spacial score (nSPS) is 30.5. The molecule has 1 aliphatic rings. The van der Waals surface area contributed by atoms with E-state index >= 15 is 0 Å². The Labute approximate surface area is 86.5 Å². The van der Waals surface area contributed by atoms with Gasteiger partial charge in [-0.05, 0) is 18.8 Å². The molecular weight excluding hydrogens is 200 g/mol. The zero-order valence-corrected chi connectivity index (χ0v) is 9.76. The van der Waals surface area contributed by atoms with Crippen LogP contribution in [0.25, 0.3) is 0 Å². The molecule has 2 N–H and O–H groups in total. The van der Waals surface area contributed by atoms with Gasteiger partial charge in [-0.25, -0.2) is 8.42 Å². The lowest BCUT2D eigenvalue weighted by atomic mass is 9.90. The van der Waals surface area contributed by atoms with Crippen molar-refractivity contribution in [2.24, 2.45) is 11.7 Å². The summed E-state index contributed by atoms with van der Waals surface area (Å²) in [5.74, 6) is 0.640. The van der Waals surface area contributed by atoms with Crippen molar-refractivity contribution in [2.45, 2.75) is 32.2 Å². The molecule has 0 saturated carbocycles. The molecule has 0 radical (unpaired) electrons. The zero-order chi connectivity index (χ0) is 10.8. The van der Waals surface area contributed by atoms with Gasteiger partial charge in [0.15, 0.2) is 0 Å². The molecule has 5 heteroatoms. The standard InChI is InChI=1S/C9H20N2O2S/c1-3-8-4-5-11(14(2,12)13)9(6-8)7-10/h8-9H,3-7,10H2,1-2H3. The maximum absolute atomic E-state index is 11.4. The topological polar surface area (TPSA) is 63.4 Å². The molecule has 14 heavy (non-hydrogen) atoms. The Hall–Kier alpha value is -0.130. The molecular formula is C9H20N2O2S. The first-order valence-corrected chi connectivity index (χ1v) is 7.00. The fourth-order valence-corrected chi connectivity index (χ4v) is 3.28. The summed E-state index contributed by atoms with van der Waals surface area (Å²) in [4.78, 5) is 0. The number of nitrogens with two attached hydrogens (primary N) is 1. The Morgan fingerprint density at radius 3 is 2.57 bits per heavy atom. The molecule has 2 unspecified atom stereocenters. The van der Waals surface area contributed by atoms with Crippen molar-refractivity contribution in [1.82, 2.24) is 4.31 Å². The lowest BCUT2D eigenvalue weighted by molar-refractivity contribution is 0.199. The second-order valence-corrected chi connectivity index (χ2v) is 6.00. The molecule has 0 spiro atoms. The quantitative estimate of drug-likeness (QED) is 0.748. The van der Waals surface area contributed by atoms with Crippen molar-refractivity contribution in [2.75, 3.05) is 19.3 Å². The lowest BCUT2D eigenvalue weighted by Gasteiger charge is -2.36. The molecule has 4 nitrogen and oxygen atoms in total. The van der Waals surface area contributed by atoms with E-state index < -0.39 is 10.0 Å². The van der Waals surface area contributed by atoms with E-state index in [1.165, 1.54) is 6.26 Å². The lowest BCUT2D eigenvalue weighted by Crippen LogP contribution is -2.49. The van der Waals surface area contributed by atoms with Crippen LogP contribution in [0.1, 0.15) is 26.2 Å². The summed E-state index contributed by atoms with van der Waals surface area (Å²) < 4.78 is 24.4. The van der Waals surface area contributed by atoms with E-state index in [0.717, 1.165) is 19.3 Å². The van der Waals surface area contributed by atoms with E-state index in [0.29, 0.717) is 19.0 Å². The molecule has 0 aromatic heterocycles. The third-order valence-electron chi connectivity index (χ3n) is 3.05. The van der Waals surface area contributed by atoms with Gasteiger partial charge < -0.3 is 5.73 Å². The molecule has 0 amide bonds. The van der Waals surface area contributed by atoms with Gasteiger partial charge in [0.2, 0.25) is 10.0 Å². The van der Waals surface area contributed by atoms with Crippen molar-refractivity contribution in [3.63, 3.8) is 0 Å². The van der Waals surface area contributed by atoms with E-state index in [1.807, 2.05) is 0 Å². The van der Waals surface area contributed by atoms with Gasteiger partial charge in [-0.2, -0.15) is 4.31 Å². The summed E-state index contributed by atoms with van der Waals surface area (Å²) in [6.07, 6.45) is 4.27. The van der Waals surface area contributed by atoms with Crippen LogP contribution in [0, 0.1) is 5.92 Å². The van der Waals surface area contributed by atoms with E-state index in [4.69, 9.17) is 5.73 Å². The van der Waals surface area contributed by atoms with E-state index in [2.05, 4.69) is 6.92 Å². The van der Waals surface area contributed by atoms with Crippen LogP contribution in [0.4, 0.5) is 0 Å². The summed E-state index contributed by atoms with van der Waals surface area (Å²) >= 11 is 0. The summed E-state index contributed by atoms with van der Waals surface area (Å²) in [7, 11) is -3.07. The van der Waals surface area contributed by atoms with E-state index in [9.17, 15) is 8.42 Å². The highest BCUT2D eigenvalue weighted by Gasteiger charge is 2.31. The number of nitrogens with zero attached hydrogens (tertiary/aromatic N) is 1. The summed E-state index contributed by atoms with van der Waals surface area (Å²) in [6, 6.07) is 0.0173. The van der Waals surface area contributed by atoms with Gasteiger partial charge in [0.05, 0.1) is 6.26 Å².